The maximum absolute atomic E-state index is 10.6. The Hall–Kier alpha value is -0.530. The van der Waals surface area contributed by atoms with Crippen LogP contribution in [-0.4, -0.2) is 11.1 Å². The van der Waals surface area contributed by atoms with Gasteiger partial charge in [0.2, 0.25) is 0 Å². The molecule has 0 spiro atoms. The van der Waals surface area contributed by atoms with Gasteiger partial charge >= 0.3 is 5.97 Å². The summed E-state index contributed by atoms with van der Waals surface area (Å²) in [4.78, 5) is 10.6. The molecule has 84 valence electrons. The summed E-state index contributed by atoms with van der Waals surface area (Å²) < 4.78 is 0. The van der Waals surface area contributed by atoms with Crippen LogP contribution >= 0.6 is 0 Å². The predicted octanol–water partition coefficient (Wildman–Crippen LogP) is 3.85. The monoisotopic (exact) mass is 200 g/mol. The number of carbonyl (C=O) groups is 1. The van der Waals surface area contributed by atoms with Crippen LogP contribution in [-0.2, 0) is 4.79 Å². The van der Waals surface area contributed by atoms with Crippen molar-refractivity contribution < 1.29 is 9.90 Å². The molecule has 0 saturated carbocycles. The number of hydrogen-bond acceptors (Lipinski definition) is 1. The lowest BCUT2D eigenvalue weighted by Gasteiger charge is -2.31. The van der Waals surface area contributed by atoms with E-state index in [1.807, 2.05) is 0 Å². The van der Waals surface area contributed by atoms with Crippen LogP contribution in [0.2, 0.25) is 0 Å². The van der Waals surface area contributed by atoms with E-state index >= 15 is 0 Å². The zero-order chi connectivity index (χ0) is 11.0. The molecule has 1 N–H and O–H groups in total. The fourth-order valence-electron chi connectivity index (χ4n) is 2.01. The van der Waals surface area contributed by atoms with E-state index in [2.05, 4.69) is 20.8 Å². The van der Waals surface area contributed by atoms with Gasteiger partial charge in [-0.25, -0.2) is 0 Å². The van der Waals surface area contributed by atoms with Gasteiger partial charge in [-0.3, -0.25) is 4.79 Å². The summed E-state index contributed by atoms with van der Waals surface area (Å²) in [6.07, 6.45) is 6.99. The van der Waals surface area contributed by atoms with Crippen molar-refractivity contribution in [1.82, 2.24) is 0 Å². The molecule has 0 bridgehead atoms. The van der Waals surface area contributed by atoms with Crippen LogP contribution in [0.1, 0.15) is 65.7 Å². The quantitative estimate of drug-likeness (QED) is 0.646. The highest BCUT2D eigenvalue weighted by molar-refractivity contribution is 5.66. The zero-order valence-corrected chi connectivity index (χ0v) is 9.81. The summed E-state index contributed by atoms with van der Waals surface area (Å²) in [5.41, 5.74) is 0.286. The van der Waals surface area contributed by atoms with Crippen LogP contribution < -0.4 is 0 Å². The largest absolute Gasteiger partial charge is 0.481 e. The standard InChI is InChI=1S/C12H24O2/c1-4-7-9-12(5-2,6-3)10-8-11(13)14/h4-10H2,1-3H3,(H,13,14). The second-order valence-corrected chi connectivity index (χ2v) is 4.20. The number of hydrogen-bond donors (Lipinski definition) is 1. The lowest BCUT2D eigenvalue weighted by Crippen LogP contribution is -2.20. The molecule has 0 aliphatic carbocycles. The SMILES string of the molecule is CCCCC(CC)(CC)CCC(=O)O. The fourth-order valence-corrected chi connectivity index (χ4v) is 2.01. The van der Waals surface area contributed by atoms with E-state index in [0.717, 1.165) is 19.3 Å². The molecule has 0 aromatic heterocycles. The van der Waals surface area contributed by atoms with Crippen LogP contribution in [0.4, 0.5) is 0 Å². The molecule has 14 heavy (non-hydrogen) atoms. The zero-order valence-electron chi connectivity index (χ0n) is 9.81. The summed E-state index contributed by atoms with van der Waals surface area (Å²) in [5, 5.41) is 8.69. The second-order valence-electron chi connectivity index (χ2n) is 4.20. The van der Waals surface area contributed by atoms with E-state index in [1.54, 1.807) is 0 Å². The highest BCUT2D eigenvalue weighted by Crippen LogP contribution is 2.37. The summed E-state index contributed by atoms with van der Waals surface area (Å²) >= 11 is 0. The van der Waals surface area contributed by atoms with Gasteiger partial charge in [-0.2, -0.15) is 0 Å². The highest BCUT2D eigenvalue weighted by Gasteiger charge is 2.25. The fraction of sp³-hybridized carbons (Fsp3) is 0.917. The Bertz CT molecular complexity index is 160. The smallest absolute Gasteiger partial charge is 0.303 e. The molecule has 0 aliphatic heterocycles. The van der Waals surface area contributed by atoms with Crippen LogP contribution in [0.3, 0.4) is 0 Å². The first kappa shape index (κ1) is 13.5. The third-order valence-electron chi connectivity index (χ3n) is 3.43. The molecule has 0 amide bonds. The summed E-state index contributed by atoms with van der Waals surface area (Å²) in [5.74, 6) is -0.659. The molecular formula is C12H24O2. The van der Waals surface area contributed by atoms with Crippen molar-refractivity contribution in [3.05, 3.63) is 0 Å². The minimum atomic E-state index is -0.659. The van der Waals surface area contributed by atoms with Gasteiger partial charge in [0, 0.05) is 6.42 Å². The van der Waals surface area contributed by atoms with Crippen LogP contribution in [0, 0.1) is 5.41 Å². The molecular weight excluding hydrogens is 176 g/mol. The first-order valence-electron chi connectivity index (χ1n) is 5.82. The van der Waals surface area contributed by atoms with E-state index in [-0.39, 0.29) is 5.41 Å². The topological polar surface area (TPSA) is 37.3 Å². The molecule has 0 aromatic rings. The Balaban J connectivity index is 4.13. The maximum Gasteiger partial charge on any atom is 0.303 e. The Kier molecular flexibility index (Phi) is 6.60. The maximum atomic E-state index is 10.6. The van der Waals surface area contributed by atoms with Gasteiger partial charge in [0.15, 0.2) is 0 Å². The molecule has 0 unspecified atom stereocenters. The van der Waals surface area contributed by atoms with Gasteiger partial charge in [-0.15, -0.1) is 0 Å². The van der Waals surface area contributed by atoms with Crippen LogP contribution in [0.15, 0.2) is 0 Å². The van der Waals surface area contributed by atoms with E-state index in [4.69, 9.17) is 5.11 Å². The predicted molar refractivity (Wildman–Crippen MR) is 59.4 cm³/mol. The van der Waals surface area contributed by atoms with Crippen molar-refractivity contribution in [3.8, 4) is 0 Å². The average Bonchev–Trinajstić information content (AvgIpc) is 2.19. The number of aliphatic carboxylic acids is 1. The molecule has 0 radical (unpaired) electrons. The van der Waals surface area contributed by atoms with E-state index in [9.17, 15) is 4.79 Å². The van der Waals surface area contributed by atoms with Crippen molar-refractivity contribution >= 4 is 5.97 Å². The van der Waals surface area contributed by atoms with E-state index < -0.39 is 5.97 Å². The van der Waals surface area contributed by atoms with Crippen LogP contribution in [0.25, 0.3) is 0 Å². The molecule has 0 aromatic carbocycles. The Morgan fingerprint density at radius 1 is 1.14 bits per heavy atom. The molecule has 2 nitrogen and oxygen atoms in total. The Morgan fingerprint density at radius 3 is 2.07 bits per heavy atom. The first-order chi connectivity index (χ1) is 6.60. The van der Waals surface area contributed by atoms with Gasteiger partial charge < -0.3 is 5.11 Å². The van der Waals surface area contributed by atoms with Crippen molar-refractivity contribution in [2.24, 2.45) is 5.41 Å². The number of carboxylic acids is 1. The lowest BCUT2D eigenvalue weighted by molar-refractivity contribution is -0.137. The first-order valence-corrected chi connectivity index (χ1v) is 5.82. The number of rotatable bonds is 8. The molecule has 0 atom stereocenters. The third-order valence-corrected chi connectivity index (χ3v) is 3.43. The van der Waals surface area contributed by atoms with E-state index in [1.165, 1.54) is 19.3 Å². The summed E-state index contributed by atoms with van der Waals surface area (Å²) in [7, 11) is 0. The minimum Gasteiger partial charge on any atom is -0.481 e. The number of unbranched alkanes of at least 4 members (excludes halogenated alkanes) is 1. The van der Waals surface area contributed by atoms with Gasteiger partial charge in [0.25, 0.3) is 0 Å². The third kappa shape index (κ3) is 4.64. The molecule has 0 rings (SSSR count). The number of carboxylic acid groups (broad SMARTS) is 1. The second kappa shape index (κ2) is 6.86. The van der Waals surface area contributed by atoms with Gasteiger partial charge in [-0.1, -0.05) is 46.5 Å². The molecule has 2 heteroatoms. The lowest BCUT2D eigenvalue weighted by atomic mass is 9.74. The highest BCUT2D eigenvalue weighted by atomic mass is 16.4. The molecule has 0 fully saturated rings. The van der Waals surface area contributed by atoms with Crippen molar-refractivity contribution in [2.45, 2.75) is 65.7 Å². The average molecular weight is 200 g/mol. The minimum absolute atomic E-state index is 0.286. The summed E-state index contributed by atoms with van der Waals surface area (Å²) in [6, 6.07) is 0. The van der Waals surface area contributed by atoms with E-state index in [0.29, 0.717) is 6.42 Å². The van der Waals surface area contributed by atoms with Gasteiger partial charge in [-0.05, 0) is 18.3 Å². The van der Waals surface area contributed by atoms with Crippen molar-refractivity contribution in [1.29, 1.82) is 0 Å². The molecule has 0 aliphatic rings. The Labute approximate surface area is 87.7 Å². The van der Waals surface area contributed by atoms with Gasteiger partial charge in [0.05, 0.1) is 0 Å². The van der Waals surface area contributed by atoms with Crippen LogP contribution in [0.5, 0.6) is 0 Å². The Morgan fingerprint density at radius 2 is 1.71 bits per heavy atom. The normalized spacial score (nSPS) is 11.6. The van der Waals surface area contributed by atoms with Crippen molar-refractivity contribution in [3.63, 3.8) is 0 Å². The van der Waals surface area contributed by atoms with Crippen molar-refractivity contribution in [2.75, 3.05) is 0 Å². The summed E-state index contributed by atoms with van der Waals surface area (Å²) in [6.45, 7) is 6.55. The molecule has 0 heterocycles. The van der Waals surface area contributed by atoms with Gasteiger partial charge in [0.1, 0.15) is 0 Å². The molecule has 0 saturated heterocycles.